The number of aromatic nitrogens is 2. The molecule has 0 fully saturated rings. The molecule has 2 aromatic carbocycles. The van der Waals surface area contributed by atoms with Gasteiger partial charge in [0.1, 0.15) is 9.90 Å². The molecule has 0 spiro atoms. The topological polar surface area (TPSA) is 92.3 Å². The van der Waals surface area contributed by atoms with Crippen LogP contribution in [-0.4, -0.2) is 31.1 Å². The van der Waals surface area contributed by atoms with Gasteiger partial charge in [0.25, 0.3) is 15.9 Å². The molecule has 1 amide bonds. The van der Waals surface area contributed by atoms with Crippen LogP contribution in [0.5, 0.6) is 0 Å². The molecule has 0 unspecified atom stereocenters. The number of para-hydroxylation sites is 1. The number of benzene rings is 2. The van der Waals surface area contributed by atoms with Crippen molar-refractivity contribution in [3.05, 3.63) is 75.7 Å². The minimum absolute atomic E-state index is 0.0261. The number of hydrogen-bond acceptors (Lipinski definition) is 6. The molecule has 0 saturated heterocycles. The summed E-state index contributed by atoms with van der Waals surface area (Å²) in [5.74, 6) is -0.528. The monoisotopic (exact) mass is 496 g/mol. The summed E-state index contributed by atoms with van der Waals surface area (Å²) in [6.07, 6.45) is 2.13. The zero-order valence-electron chi connectivity index (χ0n) is 16.4. The van der Waals surface area contributed by atoms with Crippen molar-refractivity contribution in [2.75, 3.05) is 16.2 Å². The number of anilines is 2. The molecule has 1 N–H and O–H groups in total. The van der Waals surface area contributed by atoms with E-state index in [1.54, 1.807) is 24.3 Å². The second-order valence-corrected chi connectivity index (χ2v) is 9.94. The zero-order chi connectivity index (χ0) is 22.6. The van der Waals surface area contributed by atoms with Crippen molar-refractivity contribution in [2.45, 2.75) is 18.2 Å². The quantitative estimate of drug-likeness (QED) is 0.440. The third kappa shape index (κ3) is 5.07. The van der Waals surface area contributed by atoms with E-state index in [2.05, 4.69) is 22.1 Å². The third-order valence-electron chi connectivity index (χ3n) is 4.17. The SMILES string of the molecule is C=CCN(c1ccccc1Cl)S(=O)(=O)c1cc(C(=O)Nc2nnc(CC)s2)ccc1Cl. The predicted octanol–water partition coefficient (Wildman–Crippen LogP) is 5.04. The summed E-state index contributed by atoms with van der Waals surface area (Å²) in [5, 5.41) is 11.8. The standard InChI is InChI=1S/C20H18Cl2N4O3S2/c1-3-11-26(16-8-6-5-7-14(16)21)31(28,29)17-12-13(9-10-15(17)22)19(27)23-20-25-24-18(4-2)30-20/h3,5-10,12H,1,4,11H2,2H3,(H,23,25,27). The first-order valence-corrected chi connectivity index (χ1v) is 12.1. The fourth-order valence-electron chi connectivity index (χ4n) is 2.67. The van der Waals surface area contributed by atoms with Crippen LogP contribution >= 0.6 is 34.5 Å². The van der Waals surface area contributed by atoms with E-state index in [0.29, 0.717) is 11.6 Å². The second kappa shape index (κ2) is 9.78. The van der Waals surface area contributed by atoms with Crippen LogP contribution in [0.15, 0.2) is 60.0 Å². The number of hydrogen-bond donors (Lipinski definition) is 1. The summed E-state index contributed by atoms with van der Waals surface area (Å²) in [6.45, 7) is 5.52. The first-order valence-electron chi connectivity index (χ1n) is 9.09. The minimum Gasteiger partial charge on any atom is -0.296 e. The van der Waals surface area contributed by atoms with Crippen LogP contribution < -0.4 is 9.62 Å². The molecule has 11 heteroatoms. The summed E-state index contributed by atoms with van der Waals surface area (Å²) in [5.41, 5.74) is 0.380. The number of carbonyl (C=O) groups is 1. The van der Waals surface area contributed by atoms with Gasteiger partial charge in [0.05, 0.1) is 22.3 Å². The van der Waals surface area contributed by atoms with Crippen molar-refractivity contribution in [1.29, 1.82) is 0 Å². The van der Waals surface area contributed by atoms with Crippen LogP contribution in [0.2, 0.25) is 10.0 Å². The number of carbonyl (C=O) groups excluding carboxylic acids is 1. The average Bonchev–Trinajstić information content (AvgIpc) is 3.20. The molecule has 3 aromatic rings. The van der Waals surface area contributed by atoms with E-state index in [1.165, 1.54) is 35.6 Å². The van der Waals surface area contributed by atoms with Gasteiger partial charge in [-0.25, -0.2) is 8.42 Å². The molecular weight excluding hydrogens is 479 g/mol. The van der Waals surface area contributed by atoms with E-state index in [-0.39, 0.29) is 32.7 Å². The highest BCUT2D eigenvalue weighted by Gasteiger charge is 2.29. The molecule has 0 saturated carbocycles. The van der Waals surface area contributed by atoms with E-state index in [1.807, 2.05) is 6.92 Å². The summed E-state index contributed by atoms with van der Waals surface area (Å²) >= 11 is 13.7. The smallest absolute Gasteiger partial charge is 0.266 e. The Kier molecular flexibility index (Phi) is 7.32. The molecule has 0 radical (unpaired) electrons. The number of aryl methyl sites for hydroxylation is 1. The van der Waals surface area contributed by atoms with E-state index in [9.17, 15) is 13.2 Å². The molecule has 0 bridgehead atoms. The lowest BCUT2D eigenvalue weighted by Crippen LogP contribution is -2.32. The van der Waals surface area contributed by atoms with Crippen molar-refractivity contribution in [3.63, 3.8) is 0 Å². The van der Waals surface area contributed by atoms with Crippen molar-refractivity contribution in [3.8, 4) is 0 Å². The Morgan fingerprint density at radius 3 is 2.58 bits per heavy atom. The number of rotatable bonds is 8. The molecule has 162 valence electrons. The molecule has 0 aliphatic rings. The number of halogens is 2. The lowest BCUT2D eigenvalue weighted by Gasteiger charge is -2.24. The van der Waals surface area contributed by atoms with Gasteiger partial charge in [-0.1, -0.05) is 59.7 Å². The van der Waals surface area contributed by atoms with Gasteiger partial charge < -0.3 is 0 Å². The average molecular weight is 497 g/mol. The lowest BCUT2D eigenvalue weighted by atomic mass is 10.2. The Balaban J connectivity index is 1.99. The molecule has 0 aliphatic carbocycles. The van der Waals surface area contributed by atoms with Crippen molar-refractivity contribution in [1.82, 2.24) is 10.2 Å². The first kappa shape index (κ1) is 23.2. The zero-order valence-corrected chi connectivity index (χ0v) is 19.5. The molecule has 0 atom stereocenters. The van der Waals surface area contributed by atoms with E-state index >= 15 is 0 Å². The number of nitrogens with one attached hydrogen (secondary N) is 1. The summed E-state index contributed by atoms with van der Waals surface area (Å²) < 4.78 is 28.0. The maximum atomic E-state index is 13.5. The fourth-order valence-corrected chi connectivity index (χ4v) is 5.59. The van der Waals surface area contributed by atoms with Crippen LogP contribution in [0.25, 0.3) is 0 Å². The third-order valence-corrected chi connectivity index (χ3v) is 7.73. The van der Waals surface area contributed by atoms with Gasteiger partial charge >= 0.3 is 0 Å². The van der Waals surface area contributed by atoms with Crippen molar-refractivity contribution < 1.29 is 13.2 Å². The Labute approximate surface area is 194 Å². The van der Waals surface area contributed by atoms with E-state index in [0.717, 1.165) is 9.31 Å². The second-order valence-electron chi connectivity index (χ2n) is 6.23. The Morgan fingerprint density at radius 2 is 1.94 bits per heavy atom. The van der Waals surface area contributed by atoms with Gasteiger partial charge in [-0.3, -0.25) is 14.4 Å². The summed E-state index contributed by atoms with van der Waals surface area (Å²) in [4.78, 5) is 12.4. The van der Waals surface area contributed by atoms with Gasteiger partial charge in [-0.2, -0.15) is 0 Å². The van der Waals surface area contributed by atoms with Gasteiger partial charge in [-0.15, -0.1) is 16.8 Å². The summed E-state index contributed by atoms with van der Waals surface area (Å²) in [6, 6.07) is 10.5. The van der Waals surface area contributed by atoms with Gasteiger partial charge in [0.15, 0.2) is 0 Å². The largest absolute Gasteiger partial charge is 0.296 e. The minimum atomic E-state index is -4.16. The molecule has 1 heterocycles. The molecule has 1 aromatic heterocycles. The van der Waals surface area contributed by atoms with Crippen LogP contribution in [0.4, 0.5) is 10.8 Å². The highest BCUT2D eigenvalue weighted by Crippen LogP contribution is 2.33. The normalized spacial score (nSPS) is 11.2. The van der Waals surface area contributed by atoms with Crippen LogP contribution in [0.3, 0.4) is 0 Å². The number of sulfonamides is 1. The molecule has 7 nitrogen and oxygen atoms in total. The molecule has 3 rings (SSSR count). The first-order chi connectivity index (χ1) is 14.8. The van der Waals surface area contributed by atoms with Crippen LogP contribution in [0, 0.1) is 0 Å². The van der Waals surface area contributed by atoms with Crippen molar-refractivity contribution >= 4 is 61.3 Å². The van der Waals surface area contributed by atoms with Crippen LogP contribution in [-0.2, 0) is 16.4 Å². The highest BCUT2D eigenvalue weighted by molar-refractivity contribution is 7.93. The summed E-state index contributed by atoms with van der Waals surface area (Å²) in [7, 11) is -4.16. The Hall–Kier alpha value is -2.46. The van der Waals surface area contributed by atoms with Gasteiger partial charge in [0, 0.05) is 5.56 Å². The molecular formula is C20H18Cl2N4O3S2. The maximum absolute atomic E-state index is 13.5. The molecule has 0 aliphatic heterocycles. The van der Waals surface area contributed by atoms with E-state index in [4.69, 9.17) is 23.2 Å². The lowest BCUT2D eigenvalue weighted by molar-refractivity contribution is 0.102. The number of nitrogens with zero attached hydrogens (tertiary/aromatic N) is 3. The predicted molar refractivity (Wildman–Crippen MR) is 125 cm³/mol. The molecule has 31 heavy (non-hydrogen) atoms. The Bertz CT molecular complexity index is 1230. The van der Waals surface area contributed by atoms with Crippen molar-refractivity contribution in [2.24, 2.45) is 0 Å². The fraction of sp³-hybridized carbons (Fsp3) is 0.150. The van der Waals surface area contributed by atoms with E-state index < -0.39 is 15.9 Å². The van der Waals surface area contributed by atoms with Crippen LogP contribution in [0.1, 0.15) is 22.3 Å². The van der Waals surface area contributed by atoms with Gasteiger partial charge in [-0.05, 0) is 36.8 Å². The highest BCUT2D eigenvalue weighted by atomic mass is 35.5. The Morgan fingerprint density at radius 1 is 1.19 bits per heavy atom. The maximum Gasteiger partial charge on any atom is 0.266 e. The number of amides is 1. The van der Waals surface area contributed by atoms with Gasteiger partial charge in [0.2, 0.25) is 5.13 Å².